The number of aryl methyl sites for hydroxylation is 1. The zero-order valence-corrected chi connectivity index (χ0v) is 14.1. The SMILES string of the molecule is COc1ccccc1/C=N/NC(=S)Nc1c(C)cccc1OC. The molecule has 120 valence electrons. The molecule has 2 N–H and O–H groups in total. The molecule has 0 bridgehead atoms. The van der Waals surface area contributed by atoms with Crippen LogP contribution in [0.5, 0.6) is 11.5 Å². The van der Waals surface area contributed by atoms with E-state index in [4.69, 9.17) is 21.7 Å². The molecule has 0 saturated carbocycles. The van der Waals surface area contributed by atoms with Crippen LogP contribution in [-0.4, -0.2) is 25.5 Å². The fourth-order valence-electron chi connectivity index (χ4n) is 2.05. The van der Waals surface area contributed by atoms with Crippen molar-refractivity contribution in [2.24, 2.45) is 5.10 Å². The van der Waals surface area contributed by atoms with Crippen molar-refractivity contribution in [2.45, 2.75) is 6.92 Å². The molecule has 2 aromatic carbocycles. The van der Waals surface area contributed by atoms with E-state index in [1.807, 2.05) is 49.4 Å². The highest BCUT2D eigenvalue weighted by molar-refractivity contribution is 7.80. The maximum Gasteiger partial charge on any atom is 0.191 e. The van der Waals surface area contributed by atoms with Crippen molar-refractivity contribution in [3.63, 3.8) is 0 Å². The van der Waals surface area contributed by atoms with Crippen molar-refractivity contribution in [3.05, 3.63) is 53.6 Å². The van der Waals surface area contributed by atoms with E-state index < -0.39 is 0 Å². The van der Waals surface area contributed by atoms with Crippen LogP contribution in [0.15, 0.2) is 47.6 Å². The lowest BCUT2D eigenvalue weighted by atomic mass is 10.2. The predicted octanol–water partition coefficient (Wildman–Crippen LogP) is 3.33. The number of hydrazone groups is 1. The Hall–Kier alpha value is -2.60. The number of anilines is 1. The molecule has 0 aliphatic heterocycles. The van der Waals surface area contributed by atoms with Crippen molar-refractivity contribution in [1.82, 2.24) is 5.43 Å². The summed E-state index contributed by atoms with van der Waals surface area (Å²) in [6.45, 7) is 1.98. The maximum absolute atomic E-state index is 5.33. The number of rotatable bonds is 5. The van der Waals surface area contributed by atoms with Crippen LogP contribution in [0, 0.1) is 6.92 Å². The zero-order valence-electron chi connectivity index (χ0n) is 13.3. The molecule has 0 aromatic heterocycles. The number of thiocarbonyl (C=S) groups is 1. The first-order valence-corrected chi connectivity index (χ1v) is 7.43. The van der Waals surface area contributed by atoms with E-state index in [-0.39, 0.29) is 0 Å². The molecule has 0 saturated heterocycles. The Labute approximate surface area is 141 Å². The summed E-state index contributed by atoms with van der Waals surface area (Å²) in [7, 11) is 3.24. The summed E-state index contributed by atoms with van der Waals surface area (Å²) >= 11 is 5.26. The number of nitrogens with one attached hydrogen (secondary N) is 2. The molecule has 6 heteroatoms. The number of hydrogen-bond acceptors (Lipinski definition) is 4. The number of hydrogen-bond donors (Lipinski definition) is 2. The van der Waals surface area contributed by atoms with Gasteiger partial charge >= 0.3 is 0 Å². The molecule has 2 aromatic rings. The van der Waals surface area contributed by atoms with Gasteiger partial charge in [0, 0.05) is 5.56 Å². The van der Waals surface area contributed by atoms with Gasteiger partial charge in [-0.05, 0) is 42.9 Å². The summed E-state index contributed by atoms with van der Waals surface area (Å²) in [5, 5.41) is 7.61. The summed E-state index contributed by atoms with van der Waals surface area (Å²) in [5.41, 5.74) is 5.50. The quantitative estimate of drug-likeness (QED) is 0.501. The number of para-hydroxylation sites is 2. The van der Waals surface area contributed by atoms with Crippen LogP contribution in [0.4, 0.5) is 5.69 Å². The van der Waals surface area contributed by atoms with E-state index >= 15 is 0 Å². The van der Waals surface area contributed by atoms with Crippen LogP contribution in [0.25, 0.3) is 0 Å². The first-order chi connectivity index (χ1) is 11.2. The molecule has 5 nitrogen and oxygen atoms in total. The minimum atomic E-state index is 0.378. The van der Waals surface area contributed by atoms with Crippen LogP contribution in [-0.2, 0) is 0 Å². The first kappa shape index (κ1) is 16.8. The summed E-state index contributed by atoms with van der Waals surface area (Å²) in [6, 6.07) is 13.4. The van der Waals surface area contributed by atoms with Gasteiger partial charge < -0.3 is 14.8 Å². The second-order valence-corrected chi connectivity index (χ2v) is 5.13. The summed E-state index contributed by atoms with van der Waals surface area (Å²) in [6.07, 6.45) is 1.65. The van der Waals surface area contributed by atoms with Gasteiger partial charge in [-0.25, -0.2) is 0 Å². The Morgan fingerprint density at radius 2 is 1.74 bits per heavy atom. The lowest BCUT2D eigenvalue weighted by Gasteiger charge is -2.13. The van der Waals surface area contributed by atoms with Gasteiger partial charge in [0.05, 0.1) is 26.1 Å². The Morgan fingerprint density at radius 1 is 1.04 bits per heavy atom. The predicted molar refractivity (Wildman–Crippen MR) is 97.7 cm³/mol. The molecular formula is C17H19N3O2S. The fourth-order valence-corrected chi connectivity index (χ4v) is 2.20. The average Bonchev–Trinajstić information content (AvgIpc) is 2.57. The van der Waals surface area contributed by atoms with Gasteiger partial charge in [0.15, 0.2) is 5.11 Å². The summed E-state index contributed by atoms with van der Waals surface area (Å²) < 4.78 is 10.6. The van der Waals surface area contributed by atoms with Crippen molar-refractivity contribution in [3.8, 4) is 11.5 Å². The van der Waals surface area contributed by atoms with E-state index in [2.05, 4.69) is 15.8 Å². The lowest BCUT2D eigenvalue weighted by molar-refractivity contribution is 0.414. The highest BCUT2D eigenvalue weighted by atomic mass is 32.1. The molecule has 0 heterocycles. The van der Waals surface area contributed by atoms with Gasteiger partial charge in [-0.15, -0.1) is 0 Å². The monoisotopic (exact) mass is 329 g/mol. The van der Waals surface area contributed by atoms with Crippen molar-refractivity contribution >= 4 is 29.2 Å². The molecule has 0 aliphatic rings. The fraction of sp³-hybridized carbons (Fsp3) is 0.176. The number of ether oxygens (including phenoxy) is 2. The minimum absolute atomic E-state index is 0.378. The molecule has 23 heavy (non-hydrogen) atoms. The maximum atomic E-state index is 5.33. The largest absolute Gasteiger partial charge is 0.496 e. The van der Waals surface area contributed by atoms with E-state index in [0.717, 1.165) is 28.3 Å². The van der Waals surface area contributed by atoms with E-state index in [9.17, 15) is 0 Å². The van der Waals surface area contributed by atoms with Gasteiger partial charge in [-0.2, -0.15) is 5.10 Å². The van der Waals surface area contributed by atoms with Crippen LogP contribution in [0.3, 0.4) is 0 Å². The number of nitrogens with zero attached hydrogens (tertiary/aromatic N) is 1. The Kier molecular flexibility index (Phi) is 5.94. The molecular weight excluding hydrogens is 310 g/mol. The first-order valence-electron chi connectivity index (χ1n) is 7.02. The van der Waals surface area contributed by atoms with Crippen LogP contribution >= 0.6 is 12.2 Å². The number of benzene rings is 2. The average molecular weight is 329 g/mol. The Balaban J connectivity index is 2.02. The highest BCUT2D eigenvalue weighted by Crippen LogP contribution is 2.27. The van der Waals surface area contributed by atoms with Crippen LogP contribution in [0.2, 0.25) is 0 Å². The lowest BCUT2D eigenvalue weighted by Crippen LogP contribution is -2.24. The molecule has 0 amide bonds. The van der Waals surface area contributed by atoms with E-state index in [0.29, 0.717) is 5.11 Å². The van der Waals surface area contributed by atoms with Gasteiger partial charge in [-0.3, -0.25) is 5.43 Å². The zero-order chi connectivity index (χ0) is 16.7. The molecule has 0 aliphatic carbocycles. The van der Waals surface area contributed by atoms with Crippen molar-refractivity contribution in [2.75, 3.05) is 19.5 Å². The van der Waals surface area contributed by atoms with Gasteiger partial charge in [0.2, 0.25) is 0 Å². The Morgan fingerprint density at radius 3 is 2.48 bits per heavy atom. The number of methoxy groups -OCH3 is 2. The van der Waals surface area contributed by atoms with Gasteiger partial charge in [0.1, 0.15) is 11.5 Å². The van der Waals surface area contributed by atoms with Crippen LogP contribution in [0.1, 0.15) is 11.1 Å². The van der Waals surface area contributed by atoms with Gasteiger partial charge in [-0.1, -0.05) is 24.3 Å². The molecule has 0 radical (unpaired) electrons. The third-order valence-corrected chi connectivity index (χ3v) is 3.40. The molecule has 0 spiro atoms. The van der Waals surface area contributed by atoms with Crippen molar-refractivity contribution in [1.29, 1.82) is 0 Å². The molecule has 0 fully saturated rings. The van der Waals surface area contributed by atoms with E-state index in [1.54, 1.807) is 20.4 Å². The molecule has 0 atom stereocenters. The molecule has 0 unspecified atom stereocenters. The second-order valence-electron chi connectivity index (χ2n) is 4.72. The highest BCUT2D eigenvalue weighted by Gasteiger charge is 2.07. The van der Waals surface area contributed by atoms with Gasteiger partial charge in [0.25, 0.3) is 0 Å². The third kappa shape index (κ3) is 4.43. The minimum Gasteiger partial charge on any atom is -0.496 e. The third-order valence-electron chi connectivity index (χ3n) is 3.20. The topological polar surface area (TPSA) is 54.9 Å². The van der Waals surface area contributed by atoms with Crippen molar-refractivity contribution < 1.29 is 9.47 Å². The standard InChI is InChI=1S/C17H19N3O2S/c1-12-7-6-10-15(22-3)16(12)19-17(23)20-18-11-13-8-4-5-9-14(13)21-2/h4-11H,1-3H3,(H2,19,20,23)/b18-11+. The molecule has 2 rings (SSSR count). The normalized spacial score (nSPS) is 10.4. The summed E-state index contributed by atoms with van der Waals surface area (Å²) in [5.74, 6) is 1.47. The second kappa shape index (κ2) is 8.14. The van der Waals surface area contributed by atoms with E-state index in [1.165, 1.54) is 0 Å². The smallest absolute Gasteiger partial charge is 0.191 e. The summed E-state index contributed by atoms with van der Waals surface area (Å²) in [4.78, 5) is 0. The Bertz CT molecular complexity index is 717. The van der Waals surface area contributed by atoms with Crippen LogP contribution < -0.4 is 20.2 Å².